The van der Waals surface area contributed by atoms with E-state index in [4.69, 9.17) is 14.2 Å². The molecule has 0 bridgehead atoms. The Morgan fingerprint density at radius 3 is 2.44 bits per heavy atom. The van der Waals surface area contributed by atoms with Gasteiger partial charge in [-0.05, 0) is 42.8 Å². The summed E-state index contributed by atoms with van der Waals surface area (Å²) in [5, 5.41) is 9.43. The molecule has 1 aromatic heterocycles. The largest absolute Gasteiger partial charge is 0.497 e. The van der Waals surface area contributed by atoms with Crippen LogP contribution in [0.4, 0.5) is 5.95 Å². The predicted molar refractivity (Wildman–Crippen MR) is 118 cm³/mol. The number of nitrogens with one attached hydrogen (secondary N) is 2. The van der Waals surface area contributed by atoms with E-state index in [0.29, 0.717) is 41.7 Å². The minimum atomic E-state index is -3.24. The maximum atomic E-state index is 12.2. The van der Waals surface area contributed by atoms with Gasteiger partial charge in [0, 0.05) is 18.7 Å². The Morgan fingerprint density at radius 2 is 1.78 bits per heavy atom. The third kappa shape index (κ3) is 5.97. The second kappa shape index (κ2) is 10.1. The minimum Gasteiger partial charge on any atom is -0.497 e. The monoisotopic (exact) mass is 460 g/mol. The second-order valence-electron chi connectivity index (χ2n) is 6.82. The molecule has 0 radical (unpaired) electrons. The molecule has 0 spiro atoms. The van der Waals surface area contributed by atoms with Crippen molar-refractivity contribution >= 4 is 21.7 Å². The number of benzene rings is 2. The number of hydrogen-bond acceptors (Lipinski definition) is 8. The van der Waals surface area contributed by atoms with Gasteiger partial charge in [0.1, 0.15) is 17.2 Å². The Labute approximate surface area is 185 Å². The van der Waals surface area contributed by atoms with Crippen LogP contribution in [0.2, 0.25) is 0 Å². The maximum Gasteiger partial charge on any atom is 0.249 e. The van der Waals surface area contributed by atoms with Crippen LogP contribution in [-0.4, -0.2) is 56.6 Å². The summed E-state index contributed by atoms with van der Waals surface area (Å²) in [5.74, 6) is 2.08. The molecule has 2 aromatic carbocycles. The molecule has 2 N–H and O–H groups in total. The van der Waals surface area contributed by atoms with Crippen LogP contribution in [0.15, 0.2) is 47.4 Å². The van der Waals surface area contributed by atoms with E-state index < -0.39 is 9.84 Å². The van der Waals surface area contributed by atoms with E-state index in [1.54, 1.807) is 44.6 Å². The highest BCUT2D eigenvalue weighted by atomic mass is 32.2. The normalized spacial score (nSPS) is 11.1. The summed E-state index contributed by atoms with van der Waals surface area (Å²) in [7, 11) is -0.138. The Kier molecular flexibility index (Phi) is 7.31. The summed E-state index contributed by atoms with van der Waals surface area (Å²) in [5.41, 5.74) is 0.677. The summed E-state index contributed by atoms with van der Waals surface area (Å²) in [6.45, 7) is 0.300. The zero-order valence-corrected chi connectivity index (χ0v) is 18.7. The van der Waals surface area contributed by atoms with Gasteiger partial charge in [-0.2, -0.15) is 4.98 Å². The summed E-state index contributed by atoms with van der Waals surface area (Å²) in [6.07, 6.45) is 1.81. The molecular formula is C21H24N4O6S. The molecule has 0 saturated heterocycles. The molecule has 0 unspecified atom stereocenters. The third-order valence-corrected chi connectivity index (χ3v) is 5.60. The van der Waals surface area contributed by atoms with E-state index >= 15 is 0 Å². The first-order valence-corrected chi connectivity index (χ1v) is 11.6. The van der Waals surface area contributed by atoms with Crippen LogP contribution < -0.4 is 19.5 Å². The number of sulfone groups is 1. The standard InChI is InChI=1S/C21H24N4O6S/c1-29-15-8-11-17(18(13-15)30-2)20-23-21(25-24-20)22-19(26)5-4-12-31-14-6-9-16(10-7-14)32(3,27)28/h6-11,13H,4-5,12H2,1-3H3,(H2,22,23,24,25,26). The molecule has 1 amide bonds. The summed E-state index contributed by atoms with van der Waals surface area (Å²) in [4.78, 5) is 16.7. The lowest BCUT2D eigenvalue weighted by Gasteiger charge is -2.08. The zero-order valence-electron chi connectivity index (χ0n) is 17.9. The number of hydrogen-bond donors (Lipinski definition) is 2. The van der Waals surface area contributed by atoms with Crippen molar-refractivity contribution in [2.24, 2.45) is 0 Å². The fourth-order valence-electron chi connectivity index (χ4n) is 2.83. The molecule has 3 aromatic rings. The molecule has 0 aliphatic carbocycles. The Hall–Kier alpha value is -3.60. The number of rotatable bonds is 10. The highest BCUT2D eigenvalue weighted by Gasteiger charge is 2.14. The van der Waals surface area contributed by atoms with Crippen molar-refractivity contribution in [2.45, 2.75) is 17.7 Å². The maximum absolute atomic E-state index is 12.2. The number of H-pyrrole nitrogens is 1. The quantitative estimate of drug-likeness (QED) is 0.441. The van der Waals surface area contributed by atoms with Crippen LogP contribution >= 0.6 is 0 Å². The minimum absolute atomic E-state index is 0.153. The van der Waals surface area contributed by atoms with Crippen molar-refractivity contribution in [3.63, 3.8) is 0 Å². The highest BCUT2D eigenvalue weighted by molar-refractivity contribution is 7.90. The fourth-order valence-corrected chi connectivity index (χ4v) is 3.46. The van der Waals surface area contributed by atoms with Gasteiger partial charge < -0.3 is 14.2 Å². The van der Waals surface area contributed by atoms with E-state index in [0.717, 1.165) is 6.26 Å². The number of nitrogens with zero attached hydrogens (tertiary/aromatic N) is 2. The molecule has 0 aliphatic rings. The van der Waals surface area contributed by atoms with Crippen LogP contribution in [0.5, 0.6) is 17.2 Å². The second-order valence-corrected chi connectivity index (χ2v) is 8.83. The number of carbonyl (C=O) groups excluding carboxylic acids is 1. The number of amides is 1. The molecule has 32 heavy (non-hydrogen) atoms. The van der Waals surface area contributed by atoms with E-state index in [1.165, 1.54) is 12.1 Å². The molecule has 0 aliphatic heterocycles. The van der Waals surface area contributed by atoms with Crippen LogP contribution in [0.25, 0.3) is 11.4 Å². The van der Waals surface area contributed by atoms with Crippen molar-refractivity contribution in [2.75, 3.05) is 32.4 Å². The van der Waals surface area contributed by atoms with E-state index in [9.17, 15) is 13.2 Å². The van der Waals surface area contributed by atoms with E-state index in [1.807, 2.05) is 0 Å². The number of carbonyl (C=O) groups is 1. The van der Waals surface area contributed by atoms with Crippen molar-refractivity contribution in [1.82, 2.24) is 15.2 Å². The van der Waals surface area contributed by atoms with Gasteiger partial charge in [0.15, 0.2) is 15.7 Å². The van der Waals surface area contributed by atoms with Crippen molar-refractivity contribution in [3.8, 4) is 28.6 Å². The Morgan fingerprint density at radius 1 is 1.06 bits per heavy atom. The van der Waals surface area contributed by atoms with Gasteiger partial charge in [-0.15, -0.1) is 5.10 Å². The van der Waals surface area contributed by atoms with E-state index in [2.05, 4.69) is 20.5 Å². The topological polar surface area (TPSA) is 132 Å². The molecule has 3 rings (SSSR count). The first-order chi connectivity index (χ1) is 15.3. The van der Waals surface area contributed by atoms with Gasteiger partial charge in [0.2, 0.25) is 11.9 Å². The number of anilines is 1. The Balaban J connectivity index is 1.48. The van der Waals surface area contributed by atoms with Crippen molar-refractivity contribution < 1.29 is 27.4 Å². The lowest BCUT2D eigenvalue weighted by atomic mass is 10.2. The van der Waals surface area contributed by atoms with Crippen LogP contribution in [0.1, 0.15) is 12.8 Å². The van der Waals surface area contributed by atoms with Gasteiger partial charge in [-0.1, -0.05) is 0 Å². The van der Waals surface area contributed by atoms with Crippen LogP contribution in [-0.2, 0) is 14.6 Å². The lowest BCUT2D eigenvalue weighted by molar-refractivity contribution is -0.116. The molecule has 10 nitrogen and oxygen atoms in total. The third-order valence-electron chi connectivity index (χ3n) is 4.47. The number of aromatic nitrogens is 3. The van der Waals surface area contributed by atoms with Gasteiger partial charge >= 0.3 is 0 Å². The van der Waals surface area contributed by atoms with Crippen LogP contribution in [0.3, 0.4) is 0 Å². The zero-order chi connectivity index (χ0) is 23.1. The van der Waals surface area contributed by atoms with Crippen molar-refractivity contribution in [3.05, 3.63) is 42.5 Å². The number of aromatic amines is 1. The molecule has 1 heterocycles. The lowest BCUT2D eigenvalue weighted by Crippen LogP contribution is -2.13. The average molecular weight is 461 g/mol. The SMILES string of the molecule is COc1ccc(-c2nc(NC(=O)CCCOc3ccc(S(C)(=O)=O)cc3)n[nH]2)c(OC)c1. The highest BCUT2D eigenvalue weighted by Crippen LogP contribution is 2.31. The average Bonchev–Trinajstić information content (AvgIpc) is 3.24. The van der Waals surface area contributed by atoms with Gasteiger partial charge in [0.25, 0.3) is 0 Å². The molecule has 0 atom stereocenters. The van der Waals surface area contributed by atoms with Gasteiger partial charge in [-0.25, -0.2) is 8.42 Å². The van der Waals surface area contributed by atoms with Crippen LogP contribution in [0, 0.1) is 0 Å². The van der Waals surface area contributed by atoms with Crippen molar-refractivity contribution in [1.29, 1.82) is 0 Å². The summed E-state index contributed by atoms with van der Waals surface area (Å²) >= 11 is 0. The first-order valence-electron chi connectivity index (χ1n) is 9.67. The molecule has 0 fully saturated rings. The summed E-state index contributed by atoms with van der Waals surface area (Å²) < 4.78 is 39.0. The van der Waals surface area contributed by atoms with E-state index in [-0.39, 0.29) is 23.2 Å². The smallest absolute Gasteiger partial charge is 0.249 e. The Bertz CT molecular complexity index is 1180. The molecule has 170 valence electrons. The van der Waals surface area contributed by atoms with Gasteiger partial charge in [0.05, 0.1) is 31.3 Å². The molecular weight excluding hydrogens is 436 g/mol. The first kappa shape index (κ1) is 23.1. The predicted octanol–water partition coefficient (Wildman–Crippen LogP) is 2.69. The fraction of sp³-hybridized carbons (Fsp3) is 0.286. The number of ether oxygens (including phenoxy) is 3. The molecule has 0 saturated carbocycles. The van der Waals surface area contributed by atoms with Gasteiger partial charge in [-0.3, -0.25) is 15.2 Å². The summed E-state index contributed by atoms with van der Waals surface area (Å²) in [6, 6.07) is 11.4. The molecule has 11 heteroatoms. The number of methoxy groups -OCH3 is 2.